The average molecular weight is 288 g/mol. The Labute approximate surface area is 108 Å². The molecular formula is C10H12O6SSi. The Morgan fingerprint density at radius 3 is 1.78 bits per heavy atom. The lowest BCUT2D eigenvalue weighted by Gasteiger charge is -2.17. The van der Waals surface area contributed by atoms with Crippen molar-refractivity contribution in [3.8, 4) is 11.5 Å². The monoisotopic (exact) mass is 288 g/mol. The second kappa shape index (κ2) is 4.29. The lowest BCUT2D eigenvalue weighted by Crippen LogP contribution is -2.40. The first-order valence-corrected chi connectivity index (χ1v) is 9.44. The minimum Gasteiger partial charge on any atom is -0.492 e. The van der Waals surface area contributed by atoms with Gasteiger partial charge in [0.1, 0.15) is 8.07 Å². The summed E-state index contributed by atoms with van der Waals surface area (Å²) in [6.07, 6.45) is 0.826. The van der Waals surface area contributed by atoms with Gasteiger partial charge in [-0.1, -0.05) is 13.1 Å². The van der Waals surface area contributed by atoms with E-state index in [4.69, 9.17) is 19.7 Å². The van der Waals surface area contributed by atoms with E-state index in [1.807, 2.05) is 13.1 Å². The number of thiophene rings is 1. The lowest BCUT2D eigenvalue weighted by atomic mass is 10.3. The molecule has 0 atom stereocenters. The molecule has 1 aromatic heterocycles. The molecule has 0 bridgehead atoms. The zero-order valence-corrected chi connectivity index (χ0v) is 11.7. The highest BCUT2D eigenvalue weighted by Gasteiger charge is 2.35. The summed E-state index contributed by atoms with van der Waals surface area (Å²) < 4.78 is 11.0. The fourth-order valence-electron chi connectivity index (χ4n) is 1.52. The molecule has 0 saturated carbocycles. The molecule has 0 unspecified atom stereocenters. The summed E-state index contributed by atoms with van der Waals surface area (Å²) in [5, 5.41) is 18.1. The standard InChI is InChI=1S/C10H12O6SSi/c1-18(2)3-15-5-6(16-4-18)8(10(13)14)17-7(5)9(11)12/h3-4H2,1-2H3,(H,11,12)(H,13,14). The van der Waals surface area contributed by atoms with Crippen molar-refractivity contribution in [2.24, 2.45) is 0 Å². The van der Waals surface area contributed by atoms with E-state index in [1.165, 1.54) is 0 Å². The van der Waals surface area contributed by atoms with Crippen LogP contribution in [0.5, 0.6) is 11.5 Å². The predicted molar refractivity (Wildman–Crippen MR) is 66.7 cm³/mol. The fourth-order valence-corrected chi connectivity index (χ4v) is 3.54. The summed E-state index contributed by atoms with van der Waals surface area (Å²) in [6, 6.07) is 0. The number of hydrogen-bond acceptors (Lipinski definition) is 5. The van der Waals surface area contributed by atoms with Gasteiger partial charge in [-0.25, -0.2) is 9.59 Å². The predicted octanol–water partition coefficient (Wildman–Crippen LogP) is 1.70. The Kier molecular flexibility index (Phi) is 3.07. The molecule has 0 aliphatic carbocycles. The van der Waals surface area contributed by atoms with Gasteiger partial charge in [0.25, 0.3) is 0 Å². The normalized spacial score (nSPS) is 17.0. The van der Waals surface area contributed by atoms with Gasteiger partial charge in [0.2, 0.25) is 0 Å². The van der Waals surface area contributed by atoms with Crippen LogP contribution in [-0.4, -0.2) is 42.7 Å². The maximum atomic E-state index is 11.1. The Morgan fingerprint density at radius 1 is 1.06 bits per heavy atom. The molecule has 0 aromatic carbocycles. The molecule has 1 aromatic rings. The van der Waals surface area contributed by atoms with Crippen LogP contribution in [0.3, 0.4) is 0 Å². The second-order valence-electron chi connectivity index (χ2n) is 4.77. The highest BCUT2D eigenvalue weighted by Crippen LogP contribution is 2.44. The van der Waals surface area contributed by atoms with Gasteiger partial charge in [0, 0.05) is 0 Å². The second-order valence-corrected chi connectivity index (χ2v) is 10.7. The van der Waals surface area contributed by atoms with Crippen molar-refractivity contribution in [2.45, 2.75) is 13.1 Å². The van der Waals surface area contributed by atoms with Crippen molar-refractivity contribution in [2.75, 3.05) is 12.5 Å². The van der Waals surface area contributed by atoms with Gasteiger partial charge < -0.3 is 19.7 Å². The van der Waals surface area contributed by atoms with Crippen molar-refractivity contribution in [3.63, 3.8) is 0 Å². The lowest BCUT2D eigenvalue weighted by molar-refractivity contribution is 0.0687. The largest absolute Gasteiger partial charge is 0.492 e. The molecule has 0 amide bonds. The molecule has 0 fully saturated rings. The van der Waals surface area contributed by atoms with Crippen LogP contribution in [0.15, 0.2) is 0 Å². The summed E-state index contributed by atoms with van der Waals surface area (Å²) in [4.78, 5) is 21.9. The average Bonchev–Trinajstić information content (AvgIpc) is 2.55. The summed E-state index contributed by atoms with van der Waals surface area (Å²) >= 11 is 0.667. The van der Waals surface area contributed by atoms with E-state index in [1.54, 1.807) is 0 Å². The number of hydrogen-bond donors (Lipinski definition) is 2. The van der Waals surface area contributed by atoms with E-state index in [0.717, 1.165) is 0 Å². The highest BCUT2D eigenvalue weighted by molar-refractivity contribution is 7.16. The van der Waals surface area contributed by atoms with Crippen LogP contribution in [0.25, 0.3) is 0 Å². The molecule has 0 saturated heterocycles. The Morgan fingerprint density at radius 2 is 1.44 bits per heavy atom. The van der Waals surface area contributed by atoms with Crippen molar-refractivity contribution >= 4 is 31.3 Å². The first kappa shape index (κ1) is 12.9. The maximum Gasteiger partial charge on any atom is 0.349 e. The molecule has 0 spiro atoms. The molecule has 0 radical (unpaired) electrons. The van der Waals surface area contributed by atoms with E-state index in [9.17, 15) is 9.59 Å². The maximum absolute atomic E-state index is 11.1. The number of rotatable bonds is 2. The quantitative estimate of drug-likeness (QED) is 0.805. The summed E-state index contributed by atoms with van der Waals surface area (Å²) in [7, 11) is -1.74. The molecule has 2 heterocycles. The van der Waals surface area contributed by atoms with Gasteiger partial charge >= 0.3 is 11.9 Å². The van der Waals surface area contributed by atoms with E-state index >= 15 is 0 Å². The molecule has 2 N–H and O–H groups in total. The van der Waals surface area contributed by atoms with Crippen LogP contribution in [0, 0.1) is 0 Å². The van der Waals surface area contributed by atoms with Crippen LogP contribution in [0.2, 0.25) is 13.1 Å². The van der Waals surface area contributed by atoms with E-state index < -0.39 is 20.0 Å². The van der Waals surface area contributed by atoms with Gasteiger partial charge in [-0.2, -0.15) is 0 Å². The zero-order valence-electron chi connectivity index (χ0n) is 9.85. The number of fused-ring (bicyclic) bond motifs is 1. The smallest absolute Gasteiger partial charge is 0.349 e. The minimum atomic E-state index is -1.74. The minimum absolute atomic E-state index is 0.0583. The molecule has 1 aliphatic heterocycles. The van der Waals surface area contributed by atoms with Crippen LogP contribution in [0.1, 0.15) is 19.3 Å². The van der Waals surface area contributed by atoms with Crippen molar-refractivity contribution in [1.82, 2.24) is 0 Å². The first-order valence-electron chi connectivity index (χ1n) is 5.21. The molecule has 98 valence electrons. The van der Waals surface area contributed by atoms with Crippen molar-refractivity contribution in [3.05, 3.63) is 9.75 Å². The van der Waals surface area contributed by atoms with Crippen molar-refractivity contribution in [1.29, 1.82) is 0 Å². The third-order valence-electron chi connectivity index (χ3n) is 2.43. The van der Waals surface area contributed by atoms with Crippen molar-refractivity contribution < 1.29 is 29.3 Å². The SMILES string of the molecule is C[Si]1(C)COc2c(C(=O)O)sc(C(=O)O)c2OC1. The van der Waals surface area contributed by atoms with Gasteiger partial charge in [-0.3, -0.25) is 0 Å². The topological polar surface area (TPSA) is 93.1 Å². The Bertz CT molecular complexity index is 478. The zero-order chi connectivity index (χ0) is 13.5. The number of ether oxygens (including phenoxy) is 2. The first-order chi connectivity index (χ1) is 8.32. The molecule has 8 heteroatoms. The van der Waals surface area contributed by atoms with Gasteiger partial charge in [-0.15, -0.1) is 11.3 Å². The fraction of sp³-hybridized carbons (Fsp3) is 0.400. The molecule has 18 heavy (non-hydrogen) atoms. The van der Waals surface area contributed by atoms with Crippen LogP contribution >= 0.6 is 11.3 Å². The van der Waals surface area contributed by atoms with Gasteiger partial charge in [-0.05, 0) is 0 Å². The summed E-state index contributed by atoms with van der Waals surface area (Å²) in [5.74, 6) is -2.28. The number of carboxylic acid groups (broad SMARTS) is 2. The Hall–Kier alpha value is -1.54. The van der Waals surface area contributed by atoms with Gasteiger partial charge in [0.05, 0.1) is 12.5 Å². The Balaban J connectivity index is 2.52. The third kappa shape index (κ3) is 2.21. The summed E-state index contributed by atoms with van der Waals surface area (Å²) in [5.41, 5.74) is 0. The molecule has 6 nitrogen and oxygen atoms in total. The van der Waals surface area contributed by atoms with E-state index in [-0.39, 0.29) is 21.3 Å². The molecule has 1 aliphatic rings. The number of carboxylic acids is 2. The van der Waals surface area contributed by atoms with Crippen LogP contribution in [0.4, 0.5) is 0 Å². The number of carbonyl (C=O) groups is 2. The van der Waals surface area contributed by atoms with E-state index in [2.05, 4.69) is 0 Å². The molecule has 2 rings (SSSR count). The third-order valence-corrected chi connectivity index (χ3v) is 5.41. The van der Waals surface area contributed by atoms with E-state index in [0.29, 0.717) is 23.8 Å². The highest BCUT2D eigenvalue weighted by atomic mass is 32.1. The van der Waals surface area contributed by atoms with Gasteiger partial charge in [0.15, 0.2) is 21.3 Å². The van der Waals surface area contributed by atoms with Crippen LogP contribution in [-0.2, 0) is 0 Å². The van der Waals surface area contributed by atoms with Crippen LogP contribution < -0.4 is 9.47 Å². The molecular weight excluding hydrogens is 276 g/mol. The summed E-state index contributed by atoms with van der Waals surface area (Å²) in [6.45, 7) is 4.06. The number of aromatic carboxylic acids is 2.